The number of unbranched alkanes of at least 4 members (excludes halogenated alkanes) is 5. The molecule has 294 valence electrons. The number of carbonyl (C=O) groups excluding carboxylic acids is 2. The van der Waals surface area contributed by atoms with Crippen LogP contribution in [0.1, 0.15) is 117 Å². The first kappa shape index (κ1) is 48.7. The van der Waals surface area contributed by atoms with Gasteiger partial charge >= 0.3 is 19.8 Å². The van der Waals surface area contributed by atoms with Crippen molar-refractivity contribution in [3.05, 3.63) is 85.1 Å². The molecule has 0 radical (unpaired) electrons. The first-order valence-electron chi connectivity index (χ1n) is 18.6. The molecule has 0 bridgehead atoms. The third kappa shape index (κ3) is 33.8. The van der Waals surface area contributed by atoms with E-state index < -0.39 is 57.6 Å². The van der Waals surface area contributed by atoms with Crippen LogP contribution in [0, 0.1) is 0 Å². The Morgan fingerprint density at radius 3 is 1.56 bits per heavy atom. The predicted molar refractivity (Wildman–Crippen MR) is 207 cm³/mol. The maximum atomic E-state index is 12.2. The van der Waals surface area contributed by atoms with E-state index in [4.69, 9.17) is 13.8 Å². The molecular weight excluding hydrogens is 685 g/mol. The Labute approximate surface area is 311 Å². The van der Waals surface area contributed by atoms with Gasteiger partial charge in [-0.15, -0.1) is 0 Å². The maximum Gasteiger partial charge on any atom is 0.472 e. The van der Waals surface area contributed by atoms with Crippen LogP contribution in [0.3, 0.4) is 0 Å². The second kappa shape index (κ2) is 34.7. The third-order valence-electron chi connectivity index (χ3n) is 7.18. The summed E-state index contributed by atoms with van der Waals surface area (Å²) in [5, 5.41) is 21.7. The Kier molecular flexibility index (Phi) is 32.5. The number of aliphatic hydroxyl groups excluding tert-OH is 1. The van der Waals surface area contributed by atoms with E-state index in [9.17, 15) is 34.1 Å². The lowest BCUT2D eigenvalue weighted by Crippen LogP contribution is -2.43. The van der Waals surface area contributed by atoms with E-state index in [2.05, 4.69) is 104 Å². The molecule has 3 unspecified atom stereocenters. The molecule has 0 aromatic heterocycles. The quantitative estimate of drug-likeness (QED) is 0.0220. The summed E-state index contributed by atoms with van der Waals surface area (Å²) in [6.45, 7) is 2.25. The minimum atomic E-state index is -4.77. The lowest BCUT2D eigenvalue weighted by atomic mass is 10.1. The Hall–Kier alpha value is -3.34. The Morgan fingerprint density at radius 2 is 1.06 bits per heavy atom. The zero-order valence-electron chi connectivity index (χ0n) is 31.3. The number of nitrogens with one attached hydrogen (secondary N) is 1. The number of hydrogen-bond donors (Lipinski definition) is 4. The fourth-order valence-electron chi connectivity index (χ4n) is 4.32. The minimum Gasteiger partial charge on any atom is -0.480 e. The number of carbonyl (C=O) groups is 3. The van der Waals surface area contributed by atoms with Gasteiger partial charge in [-0.1, -0.05) is 105 Å². The Bertz CT molecular complexity index is 1200. The molecule has 0 heterocycles. The second-order valence-corrected chi connectivity index (χ2v) is 13.4. The number of aliphatic hydroxyl groups is 1. The van der Waals surface area contributed by atoms with Crippen LogP contribution in [0.5, 0.6) is 0 Å². The summed E-state index contributed by atoms with van der Waals surface area (Å²) in [5.74, 6) is -2.48. The number of aliphatic carboxylic acids is 1. The van der Waals surface area contributed by atoms with Crippen molar-refractivity contribution in [2.75, 3.05) is 19.8 Å². The summed E-state index contributed by atoms with van der Waals surface area (Å²) in [6.07, 6.45) is 40.6. The van der Waals surface area contributed by atoms with E-state index in [0.29, 0.717) is 12.8 Å². The van der Waals surface area contributed by atoms with Gasteiger partial charge < -0.3 is 25.2 Å². The summed E-state index contributed by atoms with van der Waals surface area (Å²) >= 11 is 0. The molecule has 11 nitrogen and oxygen atoms in total. The van der Waals surface area contributed by atoms with E-state index in [0.717, 1.165) is 77.0 Å². The fourth-order valence-corrected chi connectivity index (χ4v) is 5.09. The van der Waals surface area contributed by atoms with Crippen molar-refractivity contribution in [2.24, 2.45) is 0 Å². The Balaban J connectivity index is 4.09. The molecule has 3 atom stereocenters. The van der Waals surface area contributed by atoms with Gasteiger partial charge in [-0.25, -0.2) is 9.36 Å². The van der Waals surface area contributed by atoms with Gasteiger partial charge in [-0.3, -0.25) is 18.6 Å². The Morgan fingerprint density at radius 1 is 0.615 bits per heavy atom. The van der Waals surface area contributed by atoms with E-state index in [1.807, 2.05) is 0 Å². The first-order valence-corrected chi connectivity index (χ1v) is 20.1. The van der Waals surface area contributed by atoms with Crippen molar-refractivity contribution in [1.82, 2.24) is 5.32 Å². The lowest BCUT2D eigenvalue weighted by Gasteiger charge is -2.18. The van der Waals surface area contributed by atoms with Crippen LogP contribution in [0.25, 0.3) is 0 Å². The van der Waals surface area contributed by atoms with Crippen LogP contribution in [0.15, 0.2) is 85.1 Å². The summed E-state index contributed by atoms with van der Waals surface area (Å²) in [6, 6.07) is -1.57. The van der Waals surface area contributed by atoms with Gasteiger partial charge in [0.25, 0.3) is 0 Å². The van der Waals surface area contributed by atoms with Gasteiger partial charge in [-0.2, -0.15) is 0 Å². The number of hydrogen-bond acceptors (Lipinski definition) is 8. The van der Waals surface area contributed by atoms with Gasteiger partial charge in [0, 0.05) is 12.8 Å². The van der Waals surface area contributed by atoms with Crippen molar-refractivity contribution in [2.45, 2.75) is 129 Å². The first-order chi connectivity index (χ1) is 25.1. The predicted octanol–water partition coefficient (Wildman–Crippen LogP) is 8.77. The molecule has 0 fully saturated rings. The lowest BCUT2D eigenvalue weighted by molar-refractivity contribution is -0.147. The molecule has 0 aliphatic rings. The number of ether oxygens (including phenoxy) is 1. The highest BCUT2D eigenvalue weighted by Crippen LogP contribution is 2.43. The van der Waals surface area contributed by atoms with Gasteiger partial charge in [0.1, 0.15) is 12.7 Å². The summed E-state index contributed by atoms with van der Waals surface area (Å²) in [7, 11) is -4.77. The molecule has 1 amide bonds. The number of amides is 1. The molecule has 0 saturated carbocycles. The zero-order chi connectivity index (χ0) is 38.5. The van der Waals surface area contributed by atoms with Gasteiger partial charge in [-0.05, 0) is 83.5 Å². The molecule has 12 heteroatoms. The molecule has 0 aromatic rings. The molecule has 0 aromatic carbocycles. The van der Waals surface area contributed by atoms with E-state index >= 15 is 0 Å². The van der Waals surface area contributed by atoms with Crippen LogP contribution >= 0.6 is 7.82 Å². The van der Waals surface area contributed by atoms with Crippen molar-refractivity contribution >= 4 is 25.7 Å². The van der Waals surface area contributed by atoms with Crippen LogP contribution in [0.4, 0.5) is 0 Å². The summed E-state index contributed by atoms with van der Waals surface area (Å²) in [5.41, 5.74) is 0. The van der Waals surface area contributed by atoms with Gasteiger partial charge in [0.2, 0.25) is 5.91 Å². The van der Waals surface area contributed by atoms with Crippen LogP contribution < -0.4 is 5.32 Å². The standard InChI is InChI=1S/C40H64NO10P/c1-3-5-7-9-11-13-15-17-18-20-22-24-26-28-30-32-39(44)49-33-36(42)34-50-52(47,48)51-35-37(40(45)46)41-38(43)31-29-27-25-23-21-19-16-14-12-10-8-6-4-2/h5-8,11-14,17-19,21-22,24,36-37,42H,3-4,9-10,15-16,20,23,25-35H2,1-2H3,(H,41,43)(H,45,46)(H,47,48)/b7-5-,8-6-,13-11-,14-12-,18-17-,21-19-,24-22-. The smallest absolute Gasteiger partial charge is 0.472 e. The topological polar surface area (TPSA) is 169 Å². The van der Waals surface area contributed by atoms with Crippen molar-refractivity contribution in [3.63, 3.8) is 0 Å². The van der Waals surface area contributed by atoms with Gasteiger partial charge in [0.05, 0.1) is 13.2 Å². The monoisotopic (exact) mass is 749 g/mol. The highest BCUT2D eigenvalue weighted by Gasteiger charge is 2.28. The summed E-state index contributed by atoms with van der Waals surface area (Å²) < 4.78 is 26.7. The van der Waals surface area contributed by atoms with Crippen LogP contribution in [-0.2, 0) is 32.7 Å². The molecule has 0 aliphatic carbocycles. The number of allylic oxidation sites excluding steroid dienone is 14. The molecule has 0 rings (SSSR count). The highest BCUT2D eigenvalue weighted by atomic mass is 31.2. The average molecular weight is 750 g/mol. The van der Waals surface area contributed by atoms with Gasteiger partial charge in [0.15, 0.2) is 6.04 Å². The number of carboxylic acids is 1. The maximum absolute atomic E-state index is 12.2. The van der Waals surface area contributed by atoms with Crippen LogP contribution in [0.2, 0.25) is 0 Å². The average Bonchev–Trinajstić information content (AvgIpc) is 3.11. The number of carboxylic acid groups (broad SMARTS) is 1. The van der Waals surface area contributed by atoms with E-state index in [1.165, 1.54) is 0 Å². The third-order valence-corrected chi connectivity index (χ3v) is 8.13. The zero-order valence-corrected chi connectivity index (χ0v) is 32.2. The largest absolute Gasteiger partial charge is 0.480 e. The van der Waals surface area contributed by atoms with Crippen molar-refractivity contribution < 1.29 is 47.8 Å². The van der Waals surface area contributed by atoms with E-state index in [-0.39, 0.29) is 12.8 Å². The normalized spacial score (nSPS) is 14.8. The number of phosphoric acid groups is 1. The fraction of sp³-hybridized carbons (Fsp3) is 0.575. The number of esters is 1. The molecular formula is C40H64NO10P. The molecule has 0 spiro atoms. The number of phosphoric ester groups is 1. The molecule has 0 saturated heterocycles. The molecule has 0 aliphatic heterocycles. The summed E-state index contributed by atoms with van der Waals surface area (Å²) in [4.78, 5) is 45.7. The van der Waals surface area contributed by atoms with Crippen molar-refractivity contribution in [1.29, 1.82) is 0 Å². The molecule has 4 N–H and O–H groups in total. The molecule has 52 heavy (non-hydrogen) atoms. The second-order valence-electron chi connectivity index (χ2n) is 12.0. The van der Waals surface area contributed by atoms with E-state index in [1.54, 1.807) is 0 Å². The van der Waals surface area contributed by atoms with Crippen molar-refractivity contribution in [3.8, 4) is 0 Å². The van der Waals surface area contributed by atoms with Crippen LogP contribution in [-0.4, -0.2) is 64.9 Å². The highest BCUT2D eigenvalue weighted by molar-refractivity contribution is 7.47. The minimum absolute atomic E-state index is 0.102. The number of rotatable bonds is 33. The SMILES string of the molecule is CC/C=C\C/C=C\C/C=C\C/C=C\CCCCC(=O)OCC(O)COP(=O)(O)OCC(NC(=O)CCCCC/C=C\C/C=C\C/C=C\CC)C(=O)O.